The first-order valence-corrected chi connectivity index (χ1v) is 14.2. The first-order chi connectivity index (χ1) is 14.9. The van der Waals surface area contributed by atoms with Crippen LogP contribution in [0.3, 0.4) is 0 Å². The number of aromatic hydroxyl groups is 4. The molecule has 3 aromatic carbocycles. The number of benzene rings is 3. The maximum Gasteiger partial charge on any atom is 0.188 e. The van der Waals surface area contributed by atoms with Crippen LogP contribution in [0, 0.1) is 0 Å². The molecular weight excluding hydrogens is 951 g/mol. The summed E-state index contributed by atoms with van der Waals surface area (Å²) in [6, 6.07) is 2.96. The molecule has 3 rings (SSSR count). The van der Waals surface area contributed by atoms with Crippen molar-refractivity contribution in [1.29, 1.82) is 0 Å². The number of rotatable bonds is 4. The van der Waals surface area contributed by atoms with Crippen LogP contribution in [0.5, 0.6) is 46.0 Å². The number of phenols is 4. The smallest absolute Gasteiger partial charge is 0.188 e. The molecule has 0 aliphatic heterocycles. The Hall–Kier alpha value is 0.300. The molecule has 14 heteroatoms. The van der Waals surface area contributed by atoms with Gasteiger partial charge in [0.25, 0.3) is 0 Å². The lowest BCUT2D eigenvalue weighted by atomic mass is 10.2. The number of ether oxygens (including phenoxy) is 2. The minimum Gasteiger partial charge on any atom is -0.506 e. The summed E-state index contributed by atoms with van der Waals surface area (Å²) in [5, 5.41) is 41.6. The van der Waals surface area contributed by atoms with Gasteiger partial charge < -0.3 is 29.9 Å². The van der Waals surface area contributed by atoms with Crippen LogP contribution in [0.2, 0.25) is 0 Å². The molecule has 0 unspecified atom stereocenters. The summed E-state index contributed by atoms with van der Waals surface area (Å²) in [7, 11) is 0. The summed E-state index contributed by atoms with van der Waals surface area (Å²) in [4.78, 5) is 0. The van der Waals surface area contributed by atoms with Crippen LogP contribution >= 0.6 is 127 Å². The van der Waals surface area contributed by atoms with Crippen LogP contribution in [-0.2, 0) is 0 Å². The van der Waals surface area contributed by atoms with E-state index in [1.165, 1.54) is 12.1 Å². The van der Waals surface area contributed by atoms with Gasteiger partial charge in [-0.15, -0.1) is 0 Å². The molecule has 0 saturated heterocycles. The third-order valence-corrected chi connectivity index (χ3v) is 10.7. The lowest BCUT2D eigenvalue weighted by Crippen LogP contribution is -1.94. The molecular formula is C18H6Br8O6. The summed E-state index contributed by atoms with van der Waals surface area (Å²) in [6.45, 7) is 0. The van der Waals surface area contributed by atoms with E-state index < -0.39 is 0 Å². The first kappa shape index (κ1) is 26.9. The molecule has 0 fully saturated rings. The Bertz CT molecular complexity index is 1140. The average Bonchev–Trinajstić information content (AvgIpc) is 2.76. The highest BCUT2D eigenvalue weighted by atomic mass is 79.9. The fraction of sp³-hybridized carbons (Fsp3) is 0. The summed E-state index contributed by atoms with van der Waals surface area (Å²) in [5.74, 6) is -0.597. The van der Waals surface area contributed by atoms with Gasteiger partial charge in [-0.2, -0.15) is 0 Å². The molecule has 32 heavy (non-hydrogen) atoms. The second-order valence-electron chi connectivity index (χ2n) is 5.85. The van der Waals surface area contributed by atoms with Crippen molar-refractivity contribution >= 4 is 127 Å². The van der Waals surface area contributed by atoms with Crippen molar-refractivity contribution in [2.75, 3.05) is 0 Å². The standard InChI is InChI=1S/C18H6Br8O6/c19-3-1-5(7(21)9(23)13(3)27)31-17-11(25)16(30)18(12(26)15(17)29)32-6-2-4(20)14(28)10(24)8(6)22/h1-2,27-30H. The predicted molar refractivity (Wildman–Crippen MR) is 148 cm³/mol. The number of hydrogen-bond donors (Lipinski definition) is 4. The molecule has 0 aliphatic carbocycles. The van der Waals surface area contributed by atoms with Crippen molar-refractivity contribution < 1.29 is 29.9 Å². The van der Waals surface area contributed by atoms with E-state index in [4.69, 9.17) is 9.47 Å². The largest absolute Gasteiger partial charge is 0.506 e. The summed E-state index contributed by atoms with van der Waals surface area (Å²) < 4.78 is 13.7. The molecule has 0 aliphatic rings. The molecule has 0 spiro atoms. The normalized spacial score (nSPS) is 11.0. The van der Waals surface area contributed by atoms with E-state index in [0.717, 1.165) is 0 Å². The number of hydrogen-bond acceptors (Lipinski definition) is 6. The Labute approximate surface area is 248 Å². The van der Waals surface area contributed by atoms with Gasteiger partial charge in [-0.1, -0.05) is 0 Å². The number of phenolic OH excluding ortho intramolecular Hbond substituents is 4. The molecule has 170 valence electrons. The molecule has 0 saturated carbocycles. The number of halogens is 8. The van der Waals surface area contributed by atoms with Gasteiger partial charge in [0.2, 0.25) is 0 Å². The first-order valence-electron chi connectivity index (χ1n) is 7.88. The topological polar surface area (TPSA) is 99.4 Å². The molecule has 0 bridgehead atoms. The second-order valence-corrected chi connectivity index (χ2v) is 12.3. The van der Waals surface area contributed by atoms with E-state index in [1.54, 1.807) is 0 Å². The van der Waals surface area contributed by atoms with Gasteiger partial charge in [0.05, 0.1) is 26.8 Å². The molecule has 0 amide bonds. The van der Waals surface area contributed by atoms with Gasteiger partial charge in [-0.05, 0) is 140 Å². The van der Waals surface area contributed by atoms with Gasteiger partial charge in [0, 0.05) is 0 Å². The van der Waals surface area contributed by atoms with Crippen molar-refractivity contribution in [3.05, 3.63) is 47.9 Å². The van der Waals surface area contributed by atoms with Crippen LogP contribution in [0.15, 0.2) is 47.9 Å². The molecule has 3 aromatic rings. The highest BCUT2D eigenvalue weighted by Crippen LogP contribution is 2.57. The predicted octanol–water partition coefficient (Wildman–Crippen LogP) is 10.2. The van der Waals surface area contributed by atoms with Crippen LogP contribution < -0.4 is 9.47 Å². The van der Waals surface area contributed by atoms with Crippen LogP contribution in [0.1, 0.15) is 0 Å². The fourth-order valence-electron chi connectivity index (χ4n) is 2.30. The minimum absolute atomic E-state index is 0.00783. The Kier molecular flexibility index (Phi) is 8.83. The zero-order chi connectivity index (χ0) is 24.1. The zero-order valence-electron chi connectivity index (χ0n) is 14.8. The average molecular weight is 957 g/mol. The molecule has 4 N–H and O–H groups in total. The SMILES string of the molecule is Oc1c(Br)cc(Oc2c(O)c(Br)c(Oc3cc(Br)c(O)c(Br)c3Br)c(O)c2Br)c(Br)c1Br. The van der Waals surface area contributed by atoms with Crippen LogP contribution in [0.25, 0.3) is 0 Å². The summed E-state index contributed by atoms with van der Waals surface area (Å²) in [6.07, 6.45) is 0. The van der Waals surface area contributed by atoms with Crippen molar-refractivity contribution in [1.82, 2.24) is 0 Å². The maximum absolute atomic E-state index is 10.8. The fourth-order valence-corrected chi connectivity index (χ4v) is 6.13. The Morgan fingerprint density at radius 3 is 1.06 bits per heavy atom. The third kappa shape index (κ3) is 4.98. The van der Waals surface area contributed by atoms with Crippen molar-refractivity contribution in [2.45, 2.75) is 0 Å². The maximum atomic E-state index is 10.8. The third-order valence-electron chi connectivity index (χ3n) is 3.87. The zero-order valence-corrected chi connectivity index (χ0v) is 27.5. The van der Waals surface area contributed by atoms with Gasteiger partial charge in [-0.25, -0.2) is 0 Å². The Morgan fingerprint density at radius 2 is 0.750 bits per heavy atom. The summed E-state index contributed by atoms with van der Waals surface area (Å²) in [5.41, 5.74) is 0. The summed E-state index contributed by atoms with van der Waals surface area (Å²) >= 11 is 26.0. The van der Waals surface area contributed by atoms with E-state index in [9.17, 15) is 20.4 Å². The van der Waals surface area contributed by atoms with E-state index >= 15 is 0 Å². The molecule has 0 radical (unpaired) electrons. The van der Waals surface area contributed by atoms with E-state index in [2.05, 4.69) is 127 Å². The molecule has 0 aromatic heterocycles. The lowest BCUT2D eigenvalue weighted by Gasteiger charge is -2.19. The van der Waals surface area contributed by atoms with Crippen molar-refractivity contribution in [3.63, 3.8) is 0 Å². The van der Waals surface area contributed by atoms with Gasteiger partial charge in [0.15, 0.2) is 23.0 Å². The van der Waals surface area contributed by atoms with E-state index in [1.807, 2.05) is 0 Å². The molecule has 0 heterocycles. The Morgan fingerprint density at radius 1 is 0.438 bits per heavy atom. The highest BCUT2D eigenvalue weighted by molar-refractivity contribution is 9.13. The second kappa shape index (κ2) is 10.5. The molecule has 6 nitrogen and oxygen atoms in total. The van der Waals surface area contributed by atoms with Crippen molar-refractivity contribution in [2.24, 2.45) is 0 Å². The molecule has 0 atom stereocenters. The van der Waals surface area contributed by atoms with Gasteiger partial charge in [0.1, 0.15) is 31.9 Å². The van der Waals surface area contributed by atoms with Crippen LogP contribution in [0.4, 0.5) is 0 Å². The highest BCUT2D eigenvalue weighted by Gasteiger charge is 2.27. The van der Waals surface area contributed by atoms with Gasteiger partial charge >= 0.3 is 0 Å². The van der Waals surface area contributed by atoms with Gasteiger partial charge in [-0.3, -0.25) is 0 Å². The lowest BCUT2D eigenvalue weighted by molar-refractivity contribution is 0.372. The van der Waals surface area contributed by atoms with E-state index in [-0.39, 0.29) is 54.9 Å². The van der Waals surface area contributed by atoms with E-state index in [0.29, 0.717) is 26.8 Å². The Balaban J connectivity index is 2.11. The minimum atomic E-state index is -0.370. The van der Waals surface area contributed by atoms with Crippen LogP contribution in [-0.4, -0.2) is 20.4 Å². The monoisotopic (exact) mass is 949 g/mol. The quantitative estimate of drug-likeness (QED) is 0.154. The van der Waals surface area contributed by atoms with Crippen molar-refractivity contribution in [3.8, 4) is 46.0 Å².